The summed E-state index contributed by atoms with van der Waals surface area (Å²) in [7, 11) is 0. The number of rotatable bonds is 7. The molecule has 3 rings (SSSR count). The zero-order valence-electron chi connectivity index (χ0n) is 21.1. The van der Waals surface area contributed by atoms with E-state index in [1.807, 2.05) is 52.0 Å². The first-order valence-corrected chi connectivity index (χ1v) is 12.7. The zero-order valence-corrected chi connectivity index (χ0v) is 22.6. The Morgan fingerprint density at radius 3 is 2.16 bits per heavy atom. The second-order valence-corrected chi connectivity index (χ2v) is 10.8. The summed E-state index contributed by atoms with van der Waals surface area (Å²) in [5.74, 6) is -2.13. The molecule has 3 aromatic rings. The Morgan fingerprint density at radius 2 is 1.59 bits per heavy atom. The minimum absolute atomic E-state index is 0.105. The van der Waals surface area contributed by atoms with Gasteiger partial charge in [0.15, 0.2) is 5.82 Å². The second kappa shape index (κ2) is 11.4. The van der Waals surface area contributed by atoms with Crippen LogP contribution in [-0.4, -0.2) is 12.5 Å². The van der Waals surface area contributed by atoms with Crippen molar-refractivity contribution in [2.24, 2.45) is 0 Å². The first kappa shape index (κ1) is 29.0. The van der Waals surface area contributed by atoms with Crippen molar-refractivity contribution in [2.45, 2.75) is 58.5 Å². The molecule has 0 saturated carbocycles. The van der Waals surface area contributed by atoms with Gasteiger partial charge in [0.05, 0.1) is 16.1 Å². The molecule has 0 aliphatic heterocycles. The highest BCUT2D eigenvalue weighted by atomic mass is 35.5. The molecule has 3 aromatic carbocycles. The van der Waals surface area contributed by atoms with Gasteiger partial charge in [-0.25, -0.2) is 4.39 Å². The van der Waals surface area contributed by atoms with Gasteiger partial charge in [0, 0.05) is 11.6 Å². The topological polar surface area (TPSA) is 29.1 Å². The predicted molar refractivity (Wildman–Crippen MR) is 141 cm³/mol. The number of hydrogen-bond donors (Lipinski definition) is 1. The van der Waals surface area contributed by atoms with Gasteiger partial charge in [0.2, 0.25) is 0 Å². The fourth-order valence-corrected chi connectivity index (χ4v) is 4.62. The normalized spacial score (nSPS) is 12.1. The third kappa shape index (κ3) is 7.05. The van der Waals surface area contributed by atoms with Gasteiger partial charge < -0.3 is 5.32 Å². The molecule has 0 heterocycles. The average molecular weight is 554 g/mol. The number of hydrogen-bond acceptors (Lipinski definition) is 1. The van der Waals surface area contributed by atoms with Gasteiger partial charge >= 0.3 is 6.18 Å². The van der Waals surface area contributed by atoms with Crippen molar-refractivity contribution in [3.05, 3.63) is 103 Å². The Hall–Kier alpha value is -2.57. The van der Waals surface area contributed by atoms with Gasteiger partial charge in [0.25, 0.3) is 5.91 Å². The van der Waals surface area contributed by atoms with E-state index < -0.39 is 39.6 Å². The molecule has 8 heteroatoms. The maximum absolute atomic E-state index is 15.1. The molecule has 2 nitrogen and oxygen atoms in total. The maximum Gasteiger partial charge on any atom is 0.416 e. The summed E-state index contributed by atoms with van der Waals surface area (Å²) in [5.41, 5.74) is 1.10. The van der Waals surface area contributed by atoms with Gasteiger partial charge in [-0.2, -0.15) is 13.2 Å². The average Bonchev–Trinajstić information content (AvgIpc) is 2.81. The van der Waals surface area contributed by atoms with E-state index in [2.05, 4.69) is 5.32 Å². The van der Waals surface area contributed by atoms with Gasteiger partial charge in [0.1, 0.15) is 0 Å². The Labute approximate surface area is 225 Å². The number of carbonyl (C=O) groups excluding carboxylic acids is 1. The summed E-state index contributed by atoms with van der Waals surface area (Å²) in [6.45, 7) is 8.14. The van der Waals surface area contributed by atoms with E-state index in [9.17, 15) is 18.0 Å². The van der Waals surface area contributed by atoms with Gasteiger partial charge in [-0.3, -0.25) is 4.79 Å². The lowest BCUT2D eigenvalue weighted by molar-refractivity contribution is -0.138. The minimum Gasteiger partial charge on any atom is -0.352 e. The lowest BCUT2D eigenvalue weighted by atomic mass is 9.86. The number of aryl methyl sites for hydroxylation is 1. The van der Waals surface area contributed by atoms with E-state index in [4.69, 9.17) is 23.2 Å². The molecule has 0 fully saturated rings. The van der Waals surface area contributed by atoms with Crippen LogP contribution >= 0.6 is 23.2 Å². The molecular formula is C29H29Cl2F4NO. The summed E-state index contributed by atoms with van der Waals surface area (Å²) in [5, 5.41) is 2.40. The lowest BCUT2D eigenvalue weighted by Gasteiger charge is -2.20. The molecule has 1 N–H and O–H groups in total. The van der Waals surface area contributed by atoms with Crippen LogP contribution in [0.25, 0.3) is 0 Å². The van der Waals surface area contributed by atoms with E-state index in [1.165, 1.54) is 0 Å². The van der Waals surface area contributed by atoms with Crippen LogP contribution in [-0.2, 0) is 30.9 Å². The van der Waals surface area contributed by atoms with E-state index >= 15 is 4.39 Å². The van der Waals surface area contributed by atoms with Crippen LogP contribution < -0.4 is 5.32 Å². The fourth-order valence-electron chi connectivity index (χ4n) is 4.15. The maximum atomic E-state index is 15.1. The van der Waals surface area contributed by atoms with Gasteiger partial charge in [-0.1, -0.05) is 81.2 Å². The van der Waals surface area contributed by atoms with E-state index in [0.717, 1.165) is 23.1 Å². The van der Waals surface area contributed by atoms with Crippen LogP contribution in [0, 0.1) is 5.82 Å². The first-order chi connectivity index (χ1) is 17.2. The number of carbonyl (C=O) groups is 1. The highest BCUT2D eigenvalue weighted by molar-refractivity contribution is 6.32. The van der Waals surface area contributed by atoms with Crippen LogP contribution in [0.5, 0.6) is 0 Å². The fraction of sp³-hybridized carbons (Fsp3) is 0.345. The zero-order chi connectivity index (χ0) is 27.5. The van der Waals surface area contributed by atoms with Crippen molar-refractivity contribution >= 4 is 29.1 Å². The number of benzene rings is 3. The van der Waals surface area contributed by atoms with Gasteiger partial charge in [-0.15, -0.1) is 0 Å². The SMILES string of the molecule is CCc1cc(Cl)ccc1CCNC(=O)c1cc(C(F)(F)F)c(Cc2ccc(C(C)(C)C)cc2)c(Cl)c1F. The van der Waals surface area contributed by atoms with Crippen LogP contribution in [0.4, 0.5) is 17.6 Å². The third-order valence-electron chi connectivity index (χ3n) is 6.29. The van der Waals surface area contributed by atoms with Crippen LogP contribution in [0.15, 0.2) is 48.5 Å². The molecule has 0 bridgehead atoms. The number of amides is 1. The Kier molecular flexibility index (Phi) is 8.97. The number of halogens is 6. The van der Waals surface area contributed by atoms with Crippen LogP contribution in [0.1, 0.15) is 71.4 Å². The smallest absolute Gasteiger partial charge is 0.352 e. The molecule has 0 aromatic heterocycles. The van der Waals surface area contributed by atoms with Gasteiger partial charge in [-0.05, 0) is 70.7 Å². The van der Waals surface area contributed by atoms with Crippen LogP contribution in [0.3, 0.4) is 0 Å². The summed E-state index contributed by atoms with van der Waals surface area (Å²) in [6.07, 6.45) is -3.92. The lowest BCUT2D eigenvalue weighted by Crippen LogP contribution is -2.28. The largest absolute Gasteiger partial charge is 0.416 e. The Bertz CT molecular complexity index is 1280. The third-order valence-corrected chi connectivity index (χ3v) is 6.92. The standard InChI is InChI=1S/C29H29Cl2F4NO/c1-5-18-15-21(30)11-8-19(18)12-13-36-27(37)23-16-24(29(33,34)35)22(25(31)26(23)32)14-17-6-9-20(10-7-17)28(2,3)4/h6-11,15-16H,5,12-14H2,1-4H3,(H,36,37). The minimum atomic E-state index is -4.83. The molecule has 0 unspecified atom stereocenters. The van der Waals surface area contributed by atoms with Crippen molar-refractivity contribution in [3.8, 4) is 0 Å². The van der Waals surface area contributed by atoms with Crippen LogP contribution in [0.2, 0.25) is 10.0 Å². The highest BCUT2D eigenvalue weighted by Crippen LogP contribution is 2.39. The van der Waals surface area contributed by atoms with Crippen molar-refractivity contribution in [2.75, 3.05) is 6.54 Å². The predicted octanol–water partition coefficient (Wildman–Crippen LogP) is 8.57. The Balaban J connectivity index is 1.86. The van der Waals surface area contributed by atoms with E-state index in [-0.39, 0.29) is 18.4 Å². The summed E-state index contributed by atoms with van der Waals surface area (Å²) < 4.78 is 57.1. The molecule has 0 radical (unpaired) electrons. The highest BCUT2D eigenvalue weighted by Gasteiger charge is 2.37. The van der Waals surface area contributed by atoms with Crippen molar-refractivity contribution in [1.82, 2.24) is 5.32 Å². The van der Waals surface area contributed by atoms with E-state index in [1.54, 1.807) is 18.2 Å². The number of nitrogens with one attached hydrogen (secondary N) is 1. The molecular weight excluding hydrogens is 525 g/mol. The van der Waals surface area contributed by atoms with Crippen molar-refractivity contribution in [3.63, 3.8) is 0 Å². The molecule has 1 amide bonds. The first-order valence-electron chi connectivity index (χ1n) is 11.9. The van der Waals surface area contributed by atoms with E-state index in [0.29, 0.717) is 23.1 Å². The molecule has 0 atom stereocenters. The molecule has 0 spiro atoms. The second-order valence-electron chi connectivity index (χ2n) is 9.97. The van der Waals surface area contributed by atoms with Crippen molar-refractivity contribution < 1.29 is 22.4 Å². The summed E-state index contributed by atoms with van der Waals surface area (Å²) in [4.78, 5) is 12.7. The number of alkyl halides is 3. The Morgan fingerprint density at radius 1 is 0.946 bits per heavy atom. The summed E-state index contributed by atoms with van der Waals surface area (Å²) in [6, 6.07) is 13.0. The molecule has 0 aliphatic carbocycles. The molecule has 0 aliphatic rings. The van der Waals surface area contributed by atoms with Crippen molar-refractivity contribution in [1.29, 1.82) is 0 Å². The molecule has 0 saturated heterocycles. The molecule has 37 heavy (non-hydrogen) atoms. The monoisotopic (exact) mass is 553 g/mol. The quantitative estimate of drug-likeness (QED) is 0.291. The molecule has 198 valence electrons. The summed E-state index contributed by atoms with van der Waals surface area (Å²) >= 11 is 12.1.